The number of nitrogens with one attached hydrogen (secondary N) is 1. The highest BCUT2D eigenvalue weighted by Crippen LogP contribution is 2.29. The van der Waals surface area contributed by atoms with E-state index in [1.54, 1.807) is 18.2 Å². The van der Waals surface area contributed by atoms with Gasteiger partial charge in [-0.05, 0) is 61.1 Å². The van der Waals surface area contributed by atoms with Crippen molar-refractivity contribution in [1.29, 1.82) is 0 Å². The Morgan fingerprint density at radius 3 is 2.19 bits per heavy atom. The molecule has 0 spiro atoms. The van der Waals surface area contributed by atoms with Crippen LogP contribution >= 0.6 is 23.2 Å². The molecule has 4 rings (SSSR count). The first kappa shape index (κ1) is 32.8. The third-order valence-electron chi connectivity index (χ3n) is 7.95. The molecular formula is C33H39Cl2N3O4S. The van der Waals surface area contributed by atoms with Gasteiger partial charge in [-0.2, -0.15) is 0 Å². The molecule has 1 N–H and O–H groups in total. The van der Waals surface area contributed by atoms with E-state index in [2.05, 4.69) is 5.32 Å². The Hall–Kier alpha value is -3.07. The fraction of sp³-hybridized carbons (Fsp3) is 0.394. The van der Waals surface area contributed by atoms with Crippen molar-refractivity contribution in [3.63, 3.8) is 0 Å². The van der Waals surface area contributed by atoms with Gasteiger partial charge in [0.2, 0.25) is 21.8 Å². The lowest BCUT2D eigenvalue weighted by Gasteiger charge is -2.35. The van der Waals surface area contributed by atoms with Crippen LogP contribution in [0.25, 0.3) is 0 Å². The minimum Gasteiger partial charge on any atom is -0.352 e. The molecule has 1 aliphatic rings. The number of para-hydroxylation sites is 1. The number of rotatable bonds is 11. The maximum absolute atomic E-state index is 14.4. The van der Waals surface area contributed by atoms with Gasteiger partial charge in [0, 0.05) is 29.1 Å². The van der Waals surface area contributed by atoms with E-state index in [1.165, 1.54) is 4.90 Å². The van der Waals surface area contributed by atoms with Crippen LogP contribution < -0.4 is 9.62 Å². The van der Waals surface area contributed by atoms with E-state index in [4.69, 9.17) is 23.2 Å². The van der Waals surface area contributed by atoms with Gasteiger partial charge in [0.25, 0.3) is 0 Å². The van der Waals surface area contributed by atoms with Gasteiger partial charge in [-0.15, -0.1) is 0 Å². The van der Waals surface area contributed by atoms with Gasteiger partial charge in [-0.1, -0.05) is 97.1 Å². The van der Waals surface area contributed by atoms with Crippen molar-refractivity contribution in [1.82, 2.24) is 10.2 Å². The SMILES string of the molecule is Cc1cccc(C)c1N(CC(=O)N(Cc1ccc(Cl)cc1Cl)[C@H](Cc1ccccc1)C(=O)NC1CCCCC1)S(C)(=O)=O. The van der Waals surface area contributed by atoms with Crippen LogP contribution in [-0.4, -0.2) is 50.0 Å². The van der Waals surface area contributed by atoms with Crippen molar-refractivity contribution in [2.45, 2.75) is 71.0 Å². The molecule has 0 radical (unpaired) electrons. The standard InChI is InChI=1S/C33H39Cl2N3O4S/c1-23-11-10-12-24(2)32(23)38(43(3,41)42)22-31(39)37(21-26-17-18-27(34)20-29(26)35)30(19-25-13-6-4-7-14-25)33(40)36-28-15-8-5-9-16-28/h4,6-7,10-14,17-18,20,28,30H,5,8-9,15-16,19,21-22H2,1-3H3,(H,36,40)/t30-/m1/s1. The van der Waals surface area contributed by atoms with Crippen LogP contribution in [0.1, 0.15) is 54.4 Å². The minimum absolute atomic E-state index is 0.00518. The smallest absolute Gasteiger partial charge is 0.244 e. The molecule has 0 heterocycles. The number of amides is 2. The number of hydrogen-bond donors (Lipinski definition) is 1. The van der Waals surface area contributed by atoms with Gasteiger partial charge >= 0.3 is 0 Å². The first-order valence-corrected chi connectivity index (χ1v) is 17.2. The Labute approximate surface area is 265 Å². The topological polar surface area (TPSA) is 86.8 Å². The molecule has 7 nitrogen and oxygen atoms in total. The number of carbonyl (C=O) groups is 2. The zero-order chi connectivity index (χ0) is 31.1. The van der Waals surface area contributed by atoms with Gasteiger partial charge in [0.15, 0.2) is 0 Å². The summed E-state index contributed by atoms with van der Waals surface area (Å²) < 4.78 is 27.4. The summed E-state index contributed by atoms with van der Waals surface area (Å²) in [5.74, 6) is -0.786. The highest BCUT2D eigenvalue weighted by atomic mass is 35.5. The molecule has 1 saturated carbocycles. The molecule has 230 valence electrons. The molecule has 1 fully saturated rings. The van der Waals surface area contributed by atoms with E-state index in [9.17, 15) is 18.0 Å². The molecule has 0 saturated heterocycles. The molecule has 43 heavy (non-hydrogen) atoms. The summed E-state index contributed by atoms with van der Waals surface area (Å²) in [4.78, 5) is 29.9. The van der Waals surface area contributed by atoms with Gasteiger partial charge in [0.1, 0.15) is 12.6 Å². The van der Waals surface area contributed by atoms with Crippen LogP contribution in [0.2, 0.25) is 10.0 Å². The van der Waals surface area contributed by atoms with E-state index in [1.807, 2.05) is 62.4 Å². The summed E-state index contributed by atoms with van der Waals surface area (Å²) in [5, 5.41) is 4.00. The van der Waals surface area contributed by atoms with Gasteiger partial charge in [-0.25, -0.2) is 8.42 Å². The summed E-state index contributed by atoms with van der Waals surface area (Å²) in [5.41, 5.74) is 3.37. The van der Waals surface area contributed by atoms with E-state index >= 15 is 0 Å². The predicted octanol–water partition coefficient (Wildman–Crippen LogP) is 6.47. The maximum Gasteiger partial charge on any atom is 0.244 e. The molecule has 3 aromatic carbocycles. The van der Waals surface area contributed by atoms with Crippen molar-refractivity contribution >= 4 is 50.7 Å². The zero-order valence-electron chi connectivity index (χ0n) is 24.9. The van der Waals surface area contributed by atoms with Gasteiger partial charge in [0.05, 0.1) is 11.9 Å². The van der Waals surface area contributed by atoms with Crippen molar-refractivity contribution in [2.24, 2.45) is 0 Å². The first-order chi connectivity index (χ1) is 20.4. The molecule has 1 aliphatic carbocycles. The summed E-state index contributed by atoms with van der Waals surface area (Å²) >= 11 is 12.7. The molecule has 0 aliphatic heterocycles. The number of nitrogens with zero attached hydrogens (tertiary/aromatic N) is 2. The Balaban J connectivity index is 1.77. The Kier molecular flexibility index (Phi) is 11.2. The number of aryl methyl sites for hydroxylation is 2. The van der Waals surface area contributed by atoms with Crippen molar-refractivity contribution in [2.75, 3.05) is 17.1 Å². The fourth-order valence-electron chi connectivity index (χ4n) is 5.71. The summed E-state index contributed by atoms with van der Waals surface area (Å²) in [7, 11) is -3.86. The van der Waals surface area contributed by atoms with E-state index in [0.29, 0.717) is 21.3 Å². The van der Waals surface area contributed by atoms with Crippen LogP contribution in [0.5, 0.6) is 0 Å². The van der Waals surface area contributed by atoms with E-state index in [-0.39, 0.29) is 24.9 Å². The highest BCUT2D eigenvalue weighted by Gasteiger charge is 2.35. The number of hydrogen-bond acceptors (Lipinski definition) is 4. The number of halogens is 2. The van der Waals surface area contributed by atoms with Crippen molar-refractivity contribution in [3.05, 3.63) is 99.0 Å². The van der Waals surface area contributed by atoms with Crippen LogP contribution in [0.3, 0.4) is 0 Å². The summed E-state index contributed by atoms with van der Waals surface area (Å²) in [6, 6.07) is 19.1. The lowest BCUT2D eigenvalue weighted by atomic mass is 9.94. The van der Waals surface area contributed by atoms with Crippen molar-refractivity contribution in [3.8, 4) is 0 Å². The second-order valence-electron chi connectivity index (χ2n) is 11.3. The van der Waals surface area contributed by atoms with Crippen LogP contribution in [0, 0.1) is 13.8 Å². The Morgan fingerprint density at radius 1 is 0.930 bits per heavy atom. The molecule has 0 unspecified atom stereocenters. The van der Waals surface area contributed by atoms with Crippen LogP contribution in [0.4, 0.5) is 5.69 Å². The first-order valence-electron chi connectivity index (χ1n) is 14.6. The third kappa shape index (κ3) is 8.74. The monoisotopic (exact) mass is 643 g/mol. The minimum atomic E-state index is -3.86. The normalized spacial score (nSPS) is 14.6. The van der Waals surface area contributed by atoms with E-state index < -0.39 is 28.5 Å². The molecular weight excluding hydrogens is 605 g/mol. The quantitative estimate of drug-likeness (QED) is 0.260. The molecule has 1 atom stereocenters. The largest absolute Gasteiger partial charge is 0.352 e. The molecule has 0 bridgehead atoms. The fourth-order valence-corrected chi connectivity index (χ4v) is 7.14. The predicted molar refractivity (Wildman–Crippen MR) is 174 cm³/mol. The summed E-state index contributed by atoms with van der Waals surface area (Å²) in [6.45, 7) is 3.14. The lowest BCUT2D eigenvalue weighted by Crippen LogP contribution is -2.55. The van der Waals surface area contributed by atoms with Gasteiger partial charge < -0.3 is 10.2 Å². The van der Waals surface area contributed by atoms with Gasteiger partial charge in [-0.3, -0.25) is 13.9 Å². The number of sulfonamides is 1. The summed E-state index contributed by atoms with van der Waals surface area (Å²) in [6.07, 6.45) is 6.32. The molecule has 2 amide bonds. The van der Waals surface area contributed by atoms with E-state index in [0.717, 1.165) is 59.4 Å². The number of benzene rings is 3. The number of carbonyl (C=O) groups excluding carboxylic acids is 2. The number of anilines is 1. The molecule has 10 heteroatoms. The lowest BCUT2D eigenvalue weighted by molar-refractivity contribution is -0.140. The molecule has 0 aromatic heterocycles. The van der Waals surface area contributed by atoms with Crippen molar-refractivity contribution < 1.29 is 18.0 Å². The van der Waals surface area contributed by atoms with Crippen LogP contribution in [-0.2, 0) is 32.6 Å². The Morgan fingerprint density at radius 2 is 1.58 bits per heavy atom. The maximum atomic E-state index is 14.4. The average Bonchev–Trinajstić information content (AvgIpc) is 2.95. The molecule has 3 aromatic rings. The highest BCUT2D eigenvalue weighted by molar-refractivity contribution is 7.92. The van der Waals surface area contributed by atoms with Crippen LogP contribution in [0.15, 0.2) is 66.7 Å². The zero-order valence-corrected chi connectivity index (χ0v) is 27.2. The second-order valence-corrected chi connectivity index (χ2v) is 14.1. The Bertz CT molecular complexity index is 1520. The average molecular weight is 645 g/mol. The second kappa shape index (κ2) is 14.6. The third-order valence-corrected chi connectivity index (χ3v) is 9.65.